The number of fused-ring (bicyclic) bond motifs is 4. The average Bonchev–Trinajstić information content (AvgIpc) is 3.40. The highest BCUT2D eigenvalue weighted by atomic mass is 16.7. The molecule has 0 radical (unpaired) electrons. The number of anilines is 1. The molecule has 4 aromatic rings. The largest absolute Gasteiger partial charge is 0.464 e. The number of furan rings is 1. The molecule has 3 aromatic carbocycles. The van der Waals surface area contributed by atoms with Gasteiger partial charge in [-0.25, -0.2) is 0 Å². The van der Waals surface area contributed by atoms with Gasteiger partial charge in [0, 0.05) is 22.7 Å². The third-order valence-electron chi connectivity index (χ3n) is 5.19. The van der Waals surface area contributed by atoms with Gasteiger partial charge in [-0.05, 0) is 35.9 Å². The van der Waals surface area contributed by atoms with E-state index in [9.17, 15) is 9.59 Å². The van der Waals surface area contributed by atoms with Crippen molar-refractivity contribution in [3.05, 3.63) is 66.4 Å². The fourth-order valence-electron chi connectivity index (χ4n) is 3.67. The second-order valence-electron chi connectivity index (χ2n) is 7.29. The summed E-state index contributed by atoms with van der Waals surface area (Å²) in [5.74, 6) is 0.234. The van der Waals surface area contributed by atoms with Crippen LogP contribution in [-0.2, 0) is 20.7 Å². The molecule has 0 aliphatic carbocycles. The molecule has 0 bridgehead atoms. The van der Waals surface area contributed by atoms with E-state index in [0.29, 0.717) is 22.8 Å². The summed E-state index contributed by atoms with van der Waals surface area (Å²) in [6.45, 7) is 1.68. The number of ether oxygens (including phenoxy) is 3. The molecule has 7 heteroatoms. The van der Waals surface area contributed by atoms with Gasteiger partial charge >= 0.3 is 5.97 Å². The molecule has 1 N–H and O–H groups in total. The molecule has 1 amide bonds. The van der Waals surface area contributed by atoms with Crippen LogP contribution < -0.4 is 14.8 Å². The highest BCUT2D eigenvalue weighted by Gasteiger charge is 2.21. The van der Waals surface area contributed by atoms with Crippen LogP contribution in [0.2, 0.25) is 0 Å². The SMILES string of the molecule is C[C@H](OC(=O)Cc1coc2ccc3ccccc3c12)C(=O)Nc1ccc2c(c1)OCO2. The zero-order valence-corrected chi connectivity index (χ0v) is 16.7. The van der Waals surface area contributed by atoms with Gasteiger partial charge in [-0.2, -0.15) is 0 Å². The van der Waals surface area contributed by atoms with Gasteiger partial charge in [0.2, 0.25) is 6.79 Å². The number of rotatable bonds is 5. The summed E-state index contributed by atoms with van der Waals surface area (Å²) in [6.07, 6.45) is 0.603. The maximum atomic E-state index is 12.5. The van der Waals surface area contributed by atoms with E-state index >= 15 is 0 Å². The Morgan fingerprint density at radius 3 is 2.81 bits per heavy atom. The summed E-state index contributed by atoms with van der Waals surface area (Å²) in [4.78, 5) is 25.0. The van der Waals surface area contributed by atoms with Crippen molar-refractivity contribution < 1.29 is 28.2 Å². The van der Waals surface area contributed by atoms with Gasteiger partial charge in [-0.15, -0.1) is 0 Å². The van der Waals surface area contributed by atoms with E-state index in [2.05, 4.69) is 5.32 Å². The van der Waals surface area contributed by atoms with Crippen LogP contribution in [0.4, 0.5) is 5.69 Å². The van der Waals surface area contributed by atoms with Gasteiger partial charge in [0.25, 0.3) is 5.91 Å². The van der Waals surface area contributed by atoms with Gasteiger partial charge in [-0.3, -0.25) is 9.59 Å². The topological polar surface area (TPSA) is 87.0 Å². The van der Waals surface area contributed by atoms with E-state index in [4.69, 9.17) is 18.6 Å². The number of carbonyl (C=O) groups is 2. The van der Waals surface area contributed by atoms with Crippen LogP contribution in [0.3, 0.4) is 0 Å². The van der Waals surface area contributed by atoms with Crippen LogP contribution in [0.25, 0.3) is 21.7 Å². The second kappa shape index (κ2) is 7.68. The van der Waals surface area contributed by atoms with Crippen molar-refractivity contribution in [3.63, 3.8) is 0 Å². The summed E-state index contributed by atoms with van der Waals surface area (Å²) in [6, 6.07) is 16.8. The van der Waals surface area contributed by atoms with Crippen molar-refractivity contribution in [2.75, 3.05) is 12.1 Å². The highest BCUT2D eigenvalue weighted by Crippen LogP contribution is 2.34. The first-order valence-electron chi connectivity index (χ1n) is 9.86. The average molecular weight is 417 g/mol. The Bertz CT molecular complexity index is 1310. The maximum Gasteiger partial charge on any atom is 0.311 e. The van der Waals surface area contributed by atoms with E-state index in [-0.39, 0.29) is 13.2 Å². The highest BCUT2D eigenvalue weighted by molar-refractivity contribution is 6.08. The van der Waals surface area contributed by atoms with Gasteiger partial charge in [0.1, 0.15) is 5.58 Å². The minimum absolute atomic E-state index is 0.00263. The van der Waals surface area contributed by atoms with Crippen molar-refractivity contribution in [2.24, 2.45) is 0 Å². The van der Waals surface area contributed by atoms with Crippen molar-refractivity contribution in [3.8, 4) is 11.5 Å². The zero-order valence-electron chi connectivity index (χ0n) is 16.7. The first-order valence-corrected chi connectivity index (χ1v) is 9.86. The van der Waals surface area contributed by atoms with Crippen molar-refractivity contribution in [1.29, 1.82) is 0 Å². The Morgan fingerprint density at radius 1 is 1.06 bits per heavy atom. The second-order valence-corrected chi connectivity index (χ2v) is 7.29. The summed E-state index contributed by atoms with van der Waals surface area (Å²) >= 11 is 0. The van der Waals surface area contributed by atoms with E-state index in [1.165, 1.54) is 6.92 Å². The Hall–Kier alpha value is -4.00. The first kappa shape index (κ1) is 19.0. The fourth-order valence-corrected chi connectivity index (χ4v) is 3.67. The van der Waals surface area contributed by atoms with Crippen LogP contribution in [0.5, 0.6) is 11.5 Å². The van der Waals surface area contributed by atoms with Crippen LogP contribution in [0, 0.1) is 0 Å². The zero-order chi connectivity index (χ0) is 21.4. The molecule has 1 atom stereocenters. The fraction of sp³-hybridized carbons (Fsp3) is 0.167. The summed E-state index contributed by atoms with van der Waals surface area (Å²) < 4.78 is 21.5. The lowest BCUT2D eigenvalue weighted by atomic mass is 10.0. The number of hydrogen-bond acceptors (Lipinski definition) is 6. The van der Waals surface area contributed by atoms with Crippen molar-refractivity contribution in [2.45, 2.75) is 19.4 Å². The molecule has 7 nitrogen and oxygen atoms in total. The molecule has 1 aliphatic rings. The summed E-state index contributed by atoms with van der Waals surface area (Å²) in [5, 5.41) is 5.66. The minimum Gasteiger partial charge on any atom is -0.464 e. The quantitative estimate of drug-likeness (QED) is 0.484. The molecule has 2 heterocycles. The molecular formula is C24H19NO6. The van der Waals surface area contributed by atoms with Crippen LogP contribution in [0.15, 0.2) is 65.3 Å². The maximum absolute atomic E-state index is 12.5. The molecule has 0 saturated heterocycles. The van der Waals surface area contributed by atoms with Crippen LogP contribution in [0.1, 0.15) is 12.5 Å². The summed E-state index contributed by atoms with van der Waals surface area (Å²) in [7, 11) is 0. The Labute approximate surface area is 177 Å². The molecule has 1 aliphatic heterocycles. The summed E-state index contributed by atoms with van der Waals surface area (Å²) in [5.41, 5.74) is 1.96. The standard InChI is InChI=1S/C24H19NO6/c1-14(24(27)25-17-7-9-19-21(11-17)30-13-29-19)31-22(26)10-16-12-28-20-8-6-15-4-2-3-5-18(15)23(16)20/h2-9,11-12,14H,10,13H2,1H3,(H,25,27)/t14-/m0/s1. The lowest BCUT2D eigenvalue weighted by Crippen LogP contribution is -2.30. The smallest absolute Gasteiger partial charge is 0.311 e. The molecule has 31 heavy (non-hydrogen) atoms. The van der Waals surface area contributed by atoms with E-state index < -0.39 is 18.0 Å². The number of nitrogens with one attached hydrogen (secondary N) is 1. The normalized spacial score (nSPS) is 13.3. The van der Waals surface area contributed by atoms with Crippen LogP contribution in [-0.4, -0.2) is 24.8 Å². The third-order valence-corrected chi connectivity index (χ3v) is 5.19. The Kier molecular flexibility index (Phi) is 4.71. The van der Waals surface area contributed by atoms with E-state index in [0.717, 1.165) is 21.7 Å². The molecular weight excluding hydrogens is 398 g/mol. The molecule has 0 fully saturated rings. The third kappa shape index (κ3) is 3.66. The Balaban J connectivity index is 1.27. The number of esters is 1. The molecule has 0 saturated carbocycles. The van der Waals surface area contributed by atoms with E-state index in [1.54, 1.807) is 24.5 Å². The van der Waals surface area contributed by atoms with E-state index in [1.807, 2.05) is 36.4 Å². The number of hydrogen-bond donors (Lipinski definition) is 1. The molecule has 5 rings (SSSR count). The molecule has 156 valence electrons. The number of amides is 1. The van der Waals surface area contributed by atoms with Crippen LogP contribution >= 0.6 is 0 Å². The van der Waals surface area contributed by atoms with Gasteiger partial charge in [-0.1, -0.05) is 30.3 Å². The number of benzene rings is 3. The number of carbonyl (C=O) groups excluding carboxylic acids is 2. The lowest BCUT2D eigenvalue weighted by Gasteiger charge is -2.13. The van der Waals surface area contributed by atoms with Crippen molar-refractivity contribution in [1.82, 2.24) is 0 Å². The lowest BCUT2D eigenvalue weighted by molar-refractivity contribution is -0.152. The first-order chi connectivity index (χ1) is 15.1. The van der Waals surface area contributed by atoms with Gasteiger partial charge in [0.05, 0.1) is 12.7 Å². The molecule has 0 unspecified atom stereocenters. The molecule has 0 spiro atoms. The van der Waals surface area contributed by atoms with Gasteiger partial charge in [0.15, 0.2) is 17.6 Å². The van der Waals surface area contributed by atoms with Crippen molar-refractivity contribution >= 4 is 39.3 Å². The predicted molar refractivity (Wildman–Crippen MR) is 114 cm³/mol. The molecule has 1 aromatic heterocycles. The predicted octanol–water partition coefficient (Wildman–Crippen LogP) is 4.43. The monoisotopic (exact) mass is 417 g/mol. The minimum atomic E-state index is -0.965. The van der Waals surface area contributed by atoms with Gasteiger partial charge < -0.3 is 23.9 Å². The Morgan fingerprint density at radius 2 is 1.90 bits per heavy atom.